The highest BCUT2D eigenvalue weighted by Gasteiger charge is 2.16. The van der Waals surface area contributed by atoms with Crippen LogP contribution in [0.15, 0.2) is 65.1 Å². The zero-order chi connectivity index (χ0) is 21.7. The Hall–Kier alpha value is -4.47. The van der Waals surface area contributed by atoms with E-state index in [9.17, 15) is 24.5 Å². The van der Waals surface area contributed by atoms with Crippen molar-refractivity contribution in [2.45, 2.75) is 0 Å². The monoisotopic (exact) mass is 409 g/mol. The zero-order valence-electron chi connectivity index (χ0n) is 15.4. The summed E-state index contributed by atoms with van der Waals surface area (Å²) >= 11 is 0. The summed E-state index contributed by atoms with van der Waals surface area (Å²) in [6.07, 6.45) is 0. The van der Waals surface area contributed by atoms with E-state index in [1.165, 1.54) is 60.7 Å². The Labute approximate surface area is 169 Å². The van der Waals surface area contributed by atoms with Gasteiger partial charge in [0, 0.05) is 28.9 Å². The van der Waals surface area contributed by atoms with Crippen molar-refractivity contribution in [2.24, 2.45) is 5.73 Å². The second kappa shape index (κ2) is 8.69. The van der Waals surface area contributed by atoms with Crippen molar-refractivity contribution in [1.29, 1.82) is 0 Å². The van der Waals surface area contributed by atoms with Crippen LogP contribution in [-0.2, 0) is 9.53 Å². The molecule has 152 valence electrons. The molecule has 0 bridgehead atoms. The molecule has 0 saturated carbocycles. The van der Waals surface area contributed by atoms with Crippen molar-refractivity contribution in [3.63, 3.8) is 0 Å². The molecule has 30 heavy (non-hydrogen) atoms. The summed E-state index contributed by atoms with van der Waals surface area (Å²) in [6, 6.07) is 14.4. The standard InChI is InChI=1S/C20H15N3O7/c21-19(25)13-1-5-14(6-2-13)22-18(24)11-29-20(26)17-10-9-16(30-17)12-3-7-15(8-4-12)23(27)28/h1-10H,11H2,(H2,21,25)(H,22,24). The van der Waals surface area contributed by atoms with E-state index in [0.29, 0.717) is 22.6 Å². The van der Waals surface area contributed by atoms with E-state index in [0.717, 1.165) is 0 Å². The molecule has 0 aliphatic rings. The Kier molecular flexibility index (Phi) is 5.87. The van der Waals surface area contributed by atoms with Gasteiger partial charge in [-0.2, -0.15) is 0 Å². The molecule has 2 amide bonds. The van der Waals surface area contributed by atoms with Gasteiger partial charge in [0.15, 0.2) is 6.61 Å². The van der Waals surface area contributed by atoms with E-state index < -0.39 is 29.3 Å². The largest absolute Gasteiger partial charge is 0.450 e. The van der Waals surface area contributed by atoms with Gasteiger partial charge < -0.3 is 20.2 Å². The third-order valence-electron chi connectivity index (χ3n) is 3.96. The van der Waals surface area contributed by atoms with Gasteiger partial charge in [-0.3, -0.25) is 19.7 Å². The Morgan fingerprint density at radius 3 is 2.27 bits per heavy atom. The highest BCUT2D eigenvalue weighted by molar-refractivity contribution is 5.96. The first-order valence-corrected chi connectivity index (χ1v) is 8.55. The molecule has 2 aromatic carbocycles. The number of rotatable bonds is 7. The van der Waals surface area contributed by atoms with Crippen LogP contribution >= 0.6 is 0 Å². The molecule has 0 fully saturated rings. The van der Waals surface area contributed by atoms with Crippen molar-refractivity contribution < 1.29 is 28.5 Å². The van der Waals surface area contributed by atoms with Gasteiger partial charge in [0.1, 0.15) is 5.76 Å². The maximum absolute atomic E-state index is 12.1. The van der Waals surface area contributed by atoms with Crippen molar-refractivity contribution in [3.05, 3.63) is 82.1 Å². The summed E-state index contributed by atoms with van der Waals surface area (Å²) in [6.45, 7) is -0.552. The van der Waals surface area contributed by atoms with E-state index in [1.54, 1.807) is 0 Å². The normalized spacial score (nSPS) is 10.3. The number of nitrogens with two attached hydrogens (primary N) is 1. The van der Waals surface area contributed by atoms with E-state index in [-0.39, 0.29) is 11.4 Å². The lowest BCUT2D eigenvalue weighted by atomic mass is 10.1. The number of hydrogen-bond donors (Lipinski definition) is 2. The molecule has 0 aliphatic heterocycles. The predicted molar refractivity (Wildman–Crippen MR) is 105 cm³/mol. The number of nitro groups is 1. The minimum atomic E-state index is -0.845. The molecule has 0 spiro atoms. The Bertz CT molecular complexity index is 1100. The first kappa shape index (κ1) is 20.3. The van der Waals surface area contributed by atoms with Crippen LogP contribution < -0.4 is 11.1 Å². The molecule has 0 aliphatic carbocycles. The van der Waals surface area contributed by atoms with Crippen LogP contribution in [0, 0.1) is 10.1 Å². The van der Waals surface area contributed by atoms with E-state index >= 15 is 0 Å². The summed E-state index contributed by atoms with van der Waals surface area (Å²) in [5.41, 5.74) is 6.30. The Balaban J connectivity index is 1.55. The maximum Gasteiger partial charge on any atom is 0.374 e. The number of primary amides is 1. The van der Waals surface area contributed by atoms with Gasteiger partial charge in [-0.05, 0) is 48.5 Å². The van der Waals surface area contributed by atoms with Crippen LogP contribution in [0.2, 0.25) is 0 Å². The van der Waals surface area contributed by atoms with Crippen LogP contribution in [0.1, 0.15) is 20.9 Å². The molecule has 0 radical (unpaired) electrons. The molecule has 3 rings (SSSR count). The van der Waals surface area contributed by atoms with Crippen LogP contribution in [0.25, 0.3) is 11.3 Å². The lowest BCUT2D eigenvalue weighted by Crippen LogP contribution is -2.20. The number of non-ortho nitro benzene ring substituents is 1. The van der Waals surface area contributed by atoms with Gasteiger partial charge in [-0.1, -0.05) is 0 Å². The molecule has 0 atom stereocenters. The average molecular weight is 409 g/mol. The molecule has 3 N–H and O–H groups in total. The van der Waals surface area contributed by atoms with Gasteiger partial charge in [0.2, 0.25) is 11.7 Å². The summed E-state index contributed by atoms with van der Waals surface area (Å²) in [7, 11) is 0. The SMILES string of the molecule is NC(=O)c1ccc(NC(=O)COC(=O)c2ccc(-c3ccc([N+](=O)[O-])cc3)o2)cc1. The topological polar surface area (TPSA) is 155 Å². The average Bonchev–Trinajstić information content (AvgIpc) is 3.23. The molecule has 10 nitrogen and oxygen atoms in total. The molecule has 3 aromatic rings. The summed E-state index contributed by atoms with van der Waals surface area (Å²) in [5, 5.41) is 13.2. The van der Waals surface area contributed by atoms with Crippen molar-refractivity contribution in [3.8, 4) is 11.3 Å². The Morgan fingerprint density at radius 2 is 1.67 bits per heavy atom. The smallest absolute Gasteiger partial charge is 0.374 e. The third kappa shape index (κ3) is 4.87. The van der Waals surface area contributed by atoms with Crippen LogP contribution in [-0.4, -0.2) is 29.3 Å². The quantitative estimate of drug-likeness (QED) is 0.345. The predicted octanol–water partition coefficient (Wildman–Crippen LogP) is 2.75. The number of carbonyl (C=O) groups excluding carboxylic acids is 3. The zero-order valence-corrected chi connectivity index (χ0v) is 15.4. The van der Waals surface area contributed by atoms with Crippen LogP contribution in [0.3, 0.4) is 0 Å². The highest BCUT2D eigenvalue weighted by atomic mass is 16.6. The number of amides is 2. The second-order valence-electron chi connectivity index (χ2n) is 6.03. The number of nitrogens with one attached hydrogen (secondary N) is 1. The summed E-state index contributed by atoms with van der Waals surface area (Å²) < 4.78 is 10.3. The molecule has 0 unspecified atom stereocenters. The molecule has 1 aromatic heterocycles. The fourth-order valence-corrected chi connectivity index (χ4v) is 2.47. The number of nitrogens with zero attached hydrogens (tertiary/aromatic N) is 1. The second-order valence-corrected chi connectivity index (χ2v) is 6.03. The number of anilines is 1. The number of furan rings is 1. The molecule has 0 saturated heterocycles. The lowest BCUT2D eigenvalue weighted by molar-refractivity contribution is -0.384. The molecular formula is C20H15N3O7. The van der Waals surface area contributed by atoms with Crippen molar-refractivity contribution in [2.75, 3.05) is 11.9 Å². The number of ether oxygens (including phenoxy) is 1. The van der Waals surface area contributed by atoms with E-state index in [2.05, 4.69) is 5.32 Å². The minimum absolute atomic E-state index is 0.0692. The van der Waals surface area contributed by atoms with Crippen LogP contribution in [0.5, 0.6) is 0 Å². The molecular weight excluding hydrogens is 394 g/mol. The fraction of sp³-hybridized carbons (Fsp3) is 0.0500. The number of carbonyl (C=O) groups is 3. The first-order chi connectivity index (χ1) is 14.3. The van der Waals surface area contributed by atoms with Gasteiger partial charge >= 0.3 is 5.97 Å². The lowest BCUT2D eigenvalue weighted by Gasteiger charge is -2.06. The minimum Gasteiger partial charge on any atom is -0.450 e. The Morgan fingerprint density at radius 1 is 1.00 bits per heavy atom. The first-order valence-electron chi connectivity index (χ1n) is 8.55. The number of nitro benzene ring substituents is 1. The molecule has 10 heteroatoms. The summed E-state index contributed by atoms with van der Waals surface area (Å²) in [4.78, 5) is 45.2. The number of hydrogen-bond acceptors (Lipinski definition) is 7. The van der Waals surface area contributed by atoms with E-state index in [4.69, 9.17) is 14.9 Å². The van der Waals surface area contributed by atoms with Gasteiger partial charge in [0.25, 0.3) is 11.6 Å². The number of esters is 1. The maximum atomic E-state index is 12.1. The summed E-state index contributed by atoms with van der Waals surface area (Å²) in [5.74, 6) is -1.83. The van der Waals surface area contributed by atoms with Crippen molar-refractivity contribution in [1.82, 2.24) is 0 Å². The van der Waals surface area contributed by atoms with Gasteiger partial charge in [-0.25, -0.2) is 4.79 Å². The van der Waals surface area contributed by atoms with Crippen LogP contribution in [0.4, 0.5) is 11.4 Å². The molecule has 1 heterocycles. The highest BCUT2D eigenvalue weighted by Crippen LogP contribution is 2.24. The third-order valence-corrected chi connectivity index (χ3v) is 3.96. The van der Waals surface area contributed by atoms with Crippen molar-refractivity contribution >= 4 is 29.2 Å². The van der Waals surface area contributed by atoms with Gasteiger partial charge in [-0.15, -0.1) is 0 Å². The number of benzene rings is 2. The fourth-order valence-electron chi connectivity index (χ4n) is 2.47. The van der Waals surface area contributed by atoms with Gasteiger partial charge in [0.05, 0.1) is 4.92 Å². The van der Waals surface area contributed by atoms with E-state index in [1.807, 2.05) is 0 Å².